The molecule has 1 saturated carbocycles. The van der Waals surface area contributed by atoms with E-state index < -0.39 is 11.9 Å². The Bertz CT molecular complexity index is 498. The van der Waals surface area contributed by atoms with Gasteiger partial charge in [-0.1, -0.05) is 18.0 Å². The second-order valence-electron chi connectivity index (χ2n) is 4.73. The number of amides is 1. The number of carboxylic acid groups (broad SMARTS) is 1. The monoisotopic (exact) mass is 282 g/mol. The summed E-state index contributed by atoms with van der Waals surface area (Å²) in [6.07, 6.45) is 2.08. The number of nitrogens with one attached hydrogen (secondary N) is 1. The number of carbonyl (C=O) groups is 2. The highest BCUT2D eigenvalue weighted by atomic mass is 35.5. The fourth-order valence-electron chi connectivity index (χ4n) is 2.42. The van der Waals surface area contributed by atoms with Crippen LogP contribution in [0.5, 0.6) is 0 Å². The molecule has 2 unspecified atom stereocenters. The summed E-state index contributed by atoms with van der Waals surface area (Å²) < 4.78 is 0. The Morgan fingerprint density at radius 3 is 2.68 bits per heavy atom. The van der Waals surface area contributed by atoms with Crippen molar-refractivity contribution in [1.82, 2.24) is 5.32 Å². The van der Waals surface area contributed by atoms with Crippen molar-refractivity contribution in [3.63, 3.8) is 0 Å². The largest absolute Gasteiger partial charge is 0.481 e. The number of hydrogen-bond donors (Lipinski definition) is 3. The molecule has 19 heavy (non-hydrogen) atoms. The Balaban J connectivity index is 2.10. The average Bonchev–Trinajstić information content (AvgIpc) is 2.75. The van der Waals surface area contributed by atoms with E-state index >= 15 is 0 Å². The average molecular weight is 283 g/mol. The molecule has 0 radical (unpaired) electrons. The third-order valence-electron chi connectivity index (χ3n) is 3.33. The number of aliphatic carboxylic acids is 1. The van der Waals surface area contributed by atoms with Crippen molar-refractivity contribution in [2.45, 2.75) is 25.3 Å². The fraction of sp³-hybridized carbons (Fsp3) is 0.385. The lowest BCUT2D eigenvalue weighted by atomic mass is 10.0. The molecule has 1 aromatic carbocycles. The Kier molecular flexibility index (Phi) is 3.95. The molecule has 6 heteroatoms. The van der Waals surface area contributed by atoms with Gasteiger partial charge in [0.15, 0.2) is 0 Å². The standard InChI is InChI=1S/C13H15ClN2O3/c14-8-4-7(5-9(15)6-8)12(17)16-11-3-1-2-10(11)13(18)19/h4-6,10-11H,1-3,15H2,(H,16,17)(H,18,19). The number of carbonyl (C=O) groups excluding carboxylic acids is 1. The van der Waals surface area contributed by atoms with E-state index in [9.17, 15) is 9.59 Å². The number of nitrogens with two attached hydrogens (primary N) is 1. The third kappa shape index (κ3) is 3.17. The van der Waals surface area contributed by atoms with E-state index in [1.54, 1.807) is 6.07 Å². The number of halogens is 1. The summed E-state index contributed by atoms with van der Waals surface area (Å²) in [5.41, 5.74) is 6.37. The van der Waals surface area contributed by atoms with Gasteiger partial charge in [-0.25, -0.2) is 0 Å². The Labute approximate surface area is 115 Å². The molecular weight excluding hydrogens is 268 g/mol. The van der Waals surface area contributed by atoms with Crippen LogP contribution in [0.2, 0.25) is 5.02 Å². The van der Waals surface area contributed by atoms with Crippen molar-refractivity contribution in [1.29, 1.82) is 0 Å². The van der Waals surface area contributed by atoms with Crippen LogP contribution in [0.25, 0.3) is 0 Å². The van der Waals surface area contributed by atoms with Crippen molar-refractivity contribution < 1.29 is 14.7 Å². The molecule has 1 amide bonds. The molecule has 0 bridgehead atoms. The smallest absolute Gasteiger partial charge is 0.308 e. The third-order valence-corrected chi connectivity index (χ3v) is 3.55. The summed E-state index contributed by atoms with van der Waals surface area (Å²) in [5.74, 6) is -1.72. The molecule has 4 N–H and O–H groups in total. The van der Waals surface area contributed by atoms with E-state index in [4.69, 9.17) is 22.4 Å². The first kappa shape index (κ1) is 13.7. The molecule has 0 spiro atoms. The predicted octanol–water partition coefficient (Wildman–Crippen LogP) is 1.91. The fourth-order valence-corrected chi connectivity index (χ4v) is 2.67. The maximum Gasteiger partial charge on any atom is 0.308 e. The first-order valence-corrected chi connectivity index (χ1v) is 6.45. The summed E-state index contributed by atoms with van der Waals surface area (Å²) in [5, 5.41) is 12.2. The van der Waals surface area contributed by atoms with E-state index in [0.717, 1.165) is 6.42 Å². The summed E-state index contributed by atoms with van der Waals surface area (Å²) >= 11 is 5.84. The molecular formula is C13H15ClN2O3. The van der Waals surface area contributed by atoms with Crippen molar-refractivity contribution in [2.75, 3.05) is 5.73 Å². The van der Waals surface area contributed by atoms with Gasteiger partial charge in [0.2, 0.25) is 0 Å². The zero-order valence-corrected chi connectivity index (χ0v) is 11.0. The SMILES string of the molecule is Nc1cc(Cl)cc(C(=O)NC2CCCC2C(=O)O)c1. The minimum absolute atomic E-state index is 0.329. The van der Waals surface area contributed by atoms with Crippen LogP contribution >= 0.6 is 11.6 Å². The quantitative estimate of drug-likeness (QED) is 0.738. The first-order valence-electron chi connectivity index (χ1n) is 6.07. The van der Waals surface area contributed by atoms with Gasteiger partial charge in [0.05, 0.1) is 5.92 Å². The van der Waals surface area contributed by atoms with Crippen LogP contribution in [0.15, 0.2) is 18.2 Å². The van der Waals surface area contributed by atoms with Crippen LogP contribution in [0.3, 0.4) is 0 Å². The molecule has 1 aliphatic carbocycles. The van der Waals surface area contributed by atoms with Gasteiger partial charge in [0, 0.05) is 22.3 Å². The highest BCUT2D eigenvalue weighted by molar-refractivity contribution is 6.31. The van der Waals surface area contributed by atoms with Crippen molar-refractivity contribution in [3.05, 3.63) is 28.8 Å². The molecule has 2 atom stereocenters. The van der Waals surface area contributed by atoms with E-state index in [0.29, 0.717) is 29.1 Å². The lowest BCUT2D eigenvalue weighted by Crippen LogP contribution is -2.40. The maximum absolute atomic E-state index is 12.1. The minimum Gasteiger partial charge on any atom is -0.481 e. The van der Waals surface area contributed by atoms with E-state index in [2.05, 4.69) is 5.32 Å². The van der Waals surface area contributed by atoms with E-state index in [1.807, 2.05) is 0 Å². The number of anilines is 1. The number of benzene rings is 1. The molecule has 1 aromatic rings. The minimum atomic E-state index is -0.867. The van der Waals surface area contributed by atoms with Gasteiger partial charge in [-0.05, 0) is 31.0 Å². The molecule has 5 nitrogen and oxygen atoms in total. The number of rotatable bonds is 3. The van der Waals surface area contributed by atoms with E-state index in [1.165, 1.54) is 12.1 Å². The molecule has 0 heterocycles. The first-order chi connectivity index (χ1) is 8.97. The van der Waals surface area contributed by atoms with Gasteiger partial charge in [0.25, 0.3) is 5.91 Å². The lowest BCUT2D eigenvalue weighted by Gasteiger charge is -2.17. The number of hydrogen-bond acceptors (Lipinski definition) is 3. The lowest BCUT2D eigenvalue weighted by molar-refractivity contribution is -0.142. The van der Waals surface area contributed by atoms with E-state index in [-0.39, 0.29) is 11.9 Å². The van der Waals surface area contributed by atoms with Crippen LogP contribution in [0.4, 0.5) is 5.69 Å². The zero-order valence-electron chi connectivity index (χ0n) is 10.2. The molecule has 2 rings (SSSR count). The normalized spacial score (nSPS) is 22.2. The van der Waals surface area contributed by atoms with Crippen LogP contribution in [0, 0.1) is 5.92 Å². The Morgan fingerprint density at radius 2 is 2.05 bits per heavy atom. The second kappa shape index (κ2) is 5.48. The summed E-state index contributed by atoms with van der Waals surface area (Å²) in [6.45, 7) is 0. The number of nitrogen functional groups attached to an aromatic ring is 1. The van der Waals surface area contributed by atoms with Crippen molar-refractivity contribution >= 4 is 29.2 Å². The Morgan fingerprint density at radius 1 is 1.32 bits per heavy atom. The summed E-state index contributed by atoms with van der Waals surface area (Å²) in [6, 6.07) is 4.25. The zero-order chi connectivity index (χ0) is 14.0. The number of carboxylic acids is 1. The highest BCUT2D eigenvalue weighted by Crippen LogP contribution is 2.26. The van der Waals surface area contributed by atoms with Gasteiger partial charge in [0.1, 0.15) is 0 Å². The highest BCUT2D eigenvalue weighted by Gasteiger charge is 2.34. The molecule has 0 aliphatic heterocycles. The molecule has 0 aromatic heterocycles. The van der Waals surface area contributed by atoms with Gasteiger partial charge < -0.3 is 16.2 Å². The van der Waals surface area contributed by atoms with Gasteiger partial charge in [-0.15, -0.1) is 0 Å². The predicted molar refractivity (Wildman–Crippen MR) is 72.1 cm³/mol. The maximum atomic E-state index is 12.1. The molecule has 102 valence electrons. The van der Waals surface area contributed by atoms with Gasteiger partial charge >= 0.3 is 5.97 Å². The van der Waals surface area contributed by atoms with Crippen molar-refractivity contribution in [2.24, 2.45) is 5.92 Å². The topological polar surface area (TPSA) is 92.4 Å². The summed E-state index contributed by atoms with van der Waals surface area (Å²) in [4.78, 5) is 23.1. The van der Waals surface area contributed by atoms with Crippen LogP contribution < -0.4 is 11.1 Å². The molecule has 1 aliphatic rings. The second-order valence-corrected chi connectivity index (χ2v) is 5.17. The summed E-state index contributed by atoms with van der Waals surface area (Å²) in [7, 11) is 0. The van der Waals surface area contributed by atoms with Crippen LogP contribution in [0.1, 0.15) is 29.6 Å². The van der Waals surface area contributed by atoms with Crippen molar-refractivity contribution in [3.8, 4) is 0 Å². The Hall–Kier alpha value is -1.75. The van der Waals surface area contributed by atoms with Crippen LogP contribution in [-0.2, 0) is 4.79 Å². The van der Waals surface area contributed by atoms with Gasteiger partial charge in [-0.3, -0.25) is 9.59 Å². The molecule has 0 saturated heterocycles. The van der Waals surface area contributed by atoms with Gasteiger partial charge in [-0.2, -0.15) is 0 Å². The molecule has 1 fully saturated rings. The van der Waals surface area contributed by atoms with Crippen LogP contribution in [-0.4, -0.2) is 23.0 Å².